The first-order valence-electron chi connectivity index (χ1n) is 5.76. The summed E-state index contributed by atoms with van der Waals surface area (Å²) >= 11 is 0. The molecule has 0 spiro atoms. The smallest absolute Gasteiger partial charge is 0.0954 e. The van der Waals surface area contributed by atoms with Crippen molar-refractivity contribution >= 4 is 17.6 Å². The molecule has 0 radical (unpaired) electrons. The van der Waals surface area contributed by atoms with Gasteiger partial charge in [-0.25, -0.2) is 0 Å². The van der Waals surface area contributed by atoms with Crippen molar-refractivity contribution in [2.45, 2.75) is 12.5 Å². The van der Waals surface area contributed by atoms with Crippen LogP contribution in [0.1, 0.15) is 12.5 Å². The summed E-state index contributed by atoms with van der Waals surface area (Å²) in [5.41, 5.74) is 3.08. The Morgan fingerprint density at radius 2 is 1.65 bits per heavy atom. The highest BCUT2D eigenvalue weighted by molar-refractivity contribution is 5.87. The molecule has 84 valence electrons. The molecule has 1 unspecified atom stereocenters. The first-order valence-corrected chi connectivity index (χ1v) is 5.76. The van der Waals surface area contributed by atoms with E-state index in [4.69, 9.17) is 0 Å². The van der Waals surface area contributed by atoms with Crippen LogP contribution >= 0.6 is 0 Å². The van der Waals surface area contributed by atoms with Crippen LogP contribution < -0.4 is 5.32 Å². The molecule has 0 fully saturated rings. The zero-order valence-electron chi connectivity index (χ0n) is 9.72. The third-order valence-electron chi connectivity index (χ3n) is 3.13. The highest BCUT2D eigenvalue weighted by atomic mass is 15.0. The van der Waals surface area contributed by atoms with Crippen molar-refractivity contribution in [1.82, 2.24) is 0 Å². The minimum atomic E-state index is -0.227. The van der Waals surface area contributed by atoms with Crippen LogP contribution in [0.4, 0.5) is 11.4 Å². The first-order chi connectivity index (χ1) is 8.28. The number of hydrogen-bond donors (Lipinski definition) is 1. The van der Waals surface area contributed by atoms with Crippen LogP contribution in [0.2, 0.25) is 0 Å². The van der Waals surface area contributed by atoms with E-state index < -0.39 is 0 Å². The van der Waals surface area contributed by atoms with Gasteiger partial charge in [-0.05, 0) is 24.6 Å². The second-order valence-electron chi connectivity index (χ2n) is 4.47. The van der Waals surface area contributed by atoms with Gasteiger partial charge in [-0.15, -0.1) is 0 Å². The van der Waals surface area contributed by atoms with Crippen LogP contribution in [0.25, 0.3) is 0 Å². The van der Waals surface area contributed by atoms with Crippen LogP contribution in [-0.2, 0) is 5.54 Å². The van der Waals surface area contributed by atoms with Gasteiger partial charge in [-0.3, -0.25) is 4.99 Å². The van der Waals surface area contributed by atoms with Crippen LogP contribution in [0.3, 0.4) is 0 Å². The average molecular weight is 222 g/mol. The summed E-state index contributed by atoms with van der Waals surface area (Å²) in [5.74, 6) is 0. The van der Waals surface area contributed by atoms with E-state index in [9.17, 15) is 0 Å². The molecule has 17 heavy (non-hydrogen) atoms. The Morgan fingerprint density at radius 3 is 2.47 bits per heavy atom. The zero-order valence-corrected chi connectivity index (χ0v) is 9.72. The van der Waals surface area contributed by atoms with Gasteiger partial charge in [0.1, 0.15) is 0 Å². The van der Waals surface area contributed by atoms with Crippen molar-refractivity contribution in [3.63, 3.8) is 0 Å². The zero-order chi connectivity index (χ0) is 11.7. The monoisotopic (exact) mass is 222 g/mol. The molecule has 0 saturated carbocycles. The van der Waals surface area contributed by atoms with Crippen molar-refractivity contribution in [3.05, 3.63) is 60.2 Å². The quantitative estimate of drug-likeness (QED) is 0.781. The van der Waals surface area contributed by atoms with Crippen LogP contribution in [-0.4, -0.2) is 6.21 Å². The van der Waals surface area contributed by atoms with Crippen molar-refractivity contribution in [1.29, 1.82) is 0 Å². The molecule has 2 aromatic rings. The lowest BCUT2D eigenvalue weighted by molar-refractivity contribution is 0.748. The maximum absolute atomic E-state index is 4.54. The molecule has 0 amide bonds. The topological polar surface area (TPSA) is 24.4 Å². The second-order valence-corrected chi connectivity index (χ2v) is 4.47. The molecule has 2 aromatic carbocycles. The number of aliphatic imine (C=N–C) groups is 1. The number of anilines is 1. The molecule has 0 saturated heterocycles. The van der Waals surface area contributed by atoms with Gasteiger partial charge in [0, 0.05) is 6.21 Å². The normalized spacial score (nSPS) is 21.7. The third kappa shape index (κ3) is 1.72. The number of rotatable bonds is 1. The summed E-state index contributed by atoms with van der Waals surface area (Å²) in [6.07, 6.45) is 1.98. The van der Waals surface area contributed by atoms with Crippen LogP contribution in [0.15, 0.2) is 59.6 Å². The third-order valence-corrected chi connectivity index (χ3v) is 3.13. The summed E-state index contributed by atoms with van der Waals surface area (Å²) in [6, 6.07) is 18.5. The number of para-hydroxylation sites is 2. The highest BCUT2D eigenvalue weighted by Gasteiger charge is 2.27. The Labute approximate surface area is 101 Å². The van der Waals surface area contributed by atoms with Gasteiger partial charge in [0.25, 0.3) is 0 Å². The first kappa shape index (κ1) is 10.1. The molecule has 1 N–H and O–H groups in total. The SMILES string of the molecule is CC1(c2ccccc2)C=Nc2ccccc2N1. The molecule has 1 atom stereocenters. The lowest BCUT2D eigenvalue weighted by atomic mass is 9.91. The molecule has 0 aromatic heterocycles. The standard InChI is InChI=1S/C15H14N2/c1-15(12-7-3-2-4-8-12)11-16-13-9-5-6-10-14(13)17-15/h2-11,17H,1H3. The van der Waals surface area contributed by atoms with E-state index in [1.807, 2.05) is 30.5 Å². The molecule has 2 heteroatoms. The van der Waals surface area contributed by atoms with E-state index in [2.05, 4.69) is 47.6 Å². The van der Waals surface area contributed by atoms with Crippen LogP contribution in [0.5, 0.6) is 0 Å². The number of nitrogens with zero attached hydrogens (tertiary/aromatic N) is 1. The Bertz CT molecular complexity index is 560. The Morgan fingerprint density at radius 1 is 0.941 bits per heavy atom. The van der Waals surface area contributed by atoms with E-state index in [-0.39, 0.29) is 5.54 Å². The molecular formula is C15H14N2. The fraction of sp³-hybridized carbons (Fsp3) is 0.133. The summed E-state index contributed by atoms with van der Waals surface area (Å²) in [5, 5.41) is 3.54. The van der Waals surface area contributed by atoms with Gasteiger partial charge in [0.2, 0.25) is 0 Å². The molecule has 1 aliphatic heterocycles. The molecule has 0 bridgehead atoms. The van der Waals surface area contributed by atoms with E-state index in [0.29, 0.717) is 0 Å². The van der Waals surface area contributed by atoms with Gasteiger partial charge in [-0.1, -0.05) is 42.5 Å². The average Bonchev–Trinajstić information content (AvgIpc) is 2.40. The molecule has 0 aliphatic carbocycles. The van der Waals surface area contributed by atoms with Crippen LogP contribution in [0, 0.1) is 0 Å². The Balaban J connectivity index is 2.04. The van der Waals surface area contributed by atoms with Crippen molar-refractivity contribution in [2.75, 3.05) is 5.32 Å². The molecule has 1 heterocycles. The summed E-state index contributed by atoms with van der Waals surface area (Å²) < 4.78 is 0. The Kier molecular flexibility index (Phi) is 2.22. The second kappa shape index (κ2) is 3.74. The van der Waals surface area contributed by atoms with Crippen molar-refractivity contribution < 1.29 is 0 Å². The summed E-state index contributed by atoms with van der Waals surface area (Å²) in [4.78, 5) is 4.54. The maximum Gasteiger partial charge on any atom is 0.0954 e. The molecule has 2 nitrogen and oxygen atoms in total. The maximum atomic E-state index is 4.54. The lowest BCUT2D eigenvalue weighted by Crippen LogP contribution is -2.35. The Hall–Kier alpha value is -2.09. The van der Waals surface area contributed by atoms with E-state index >= 15 is 0 Å². The number of benzene rings is 2. The predicted octanol–water partition coefficient (Wildman–Crippen LogP) is 3.73. The van der Waals surface area contributed by atoms with Gasteiger partial charge >= 0.3 is 0 Å². The predicted molar refractivity (Wildman–Crippen MR) is 72.0 cm³/mol. The minimum absolute atomic E-state index is 0.227. The summed E-state index contributed by atoms with van der Waals surface area (Å²) in [6.45, 7) is 2.14. The number of fused-ring (bicyclic) bond motifs is 1. The van der Waals surface area contributed by atoms with Crippen molar-refractivity contribution in [3.8, 4) is 0 Å². The molecule has 3 rings (SSSR count). The van der Waals surface area contributed by atoms with Gasteiger partial charge in [-0.2, -0.15) is 0 Å². The van der Waals surface area contributed by atoms with Gasteiger partial charge in [0.15, 0.2) is 0 Å². The minimum Gasteiger partial charge on any atom is -0.369 e. The van der Waals surface area contributed by atoms with Crippen molar-refractivity contribution in [2.24, 2.45) is 4.99 Å². The number of nitrogens with one attached hydrogen (secondary N) is 1. The van der Waals surface area contributed by atoms with E-state index in [1.54, 1.807) is 0 Å². The van der Waals surface area contributed by atoms with Gasteiger partial charge < -0.3 is 5.32 Å². The van der Waals surface area contributed by atoms with E-state index in [1.165, 1.54) is 5.56 Å². The highest BCUT2D eigenvalue weighted by Crippen LogP contribution is 2.35. The fourth-order valence-corrected chi connectivity index (χ4v) is 2.13. The number of hydrogen-bond acceptors (Lipinski definition) is 2. The molecule has 1 aliphatic rings. The van der Waals surface area contributed by atoms with E-state index in [0.717, 1.165) is 11.4 Å². The summed E-state index contributed by atoms with van der Waals surface area (Å²) in [7, 11) is 0. The van der Waals surface area contributed by atoms with Gasteiger partial charge in [0.05, 0.1) is 16.9 Å². The fourth-order valence-electron chi connectivity index (χ4n) is 2.13. The lowest BCUT2D eigenvalue weighted by Gasteiger charge is -2.32. The molecular weight excluding hydrogens is 208 g/mol. The largest absolute Gasteiger partial charge is 0.369 e.